The summed E-state index contributed by atoms with van der Waals surface area (Å²) in [6, 6.07) is 13.2. The lowest BCUT2D eigenvalue weighted by atomic mass is 10.0. The second-order valence-corrected chi connectivity index (χ2v) is 9.83. The Balaban J connectivity index is 1.30. The number of carbonyl (C=O) groups excluding carboxylic acids is 2. The Morgan fingerprint density at radius 2 is 1.78 bits per heavy atom. The number of aromatic nitrogens is 2. The third kappa shape index (κ3) is 6.91. The predicted molar refractivity (Wildman–Crippen MR) is 148 cm³/mol. The largest absolute Gasteiger partial charge is 0.359 e. The fourth-order valence-corrected chi connectivity index (χ4v) is 4.81. The number of halogens is 2. The first-order chi connectivity index (χ1) is 17.8. The van der Waals surface area contributed by atoms with Crippen molar-refractivity contribution in [2.45, 2.75) is 38.8 Å². The number of hydrogen-bond acceptors (Lipinski definition) is 5. The van der Waals surface area contributed by atoms with Crippen molar-refractivity contribution in [1.29, 1.82) is 0 Å². The quantitative estimate of drug-likeness (QED) is 0.279. The molecule has 1 aromatic heterocycles. The number of H-pyrrole nitrogens is 1. The van der Waals surface area contributed by atoms with Crippen LogP contribution in [-0.2, 0) is 6.54 Å². The second kappa shape index (κ2) is 12.3. The Kier molecular flexibility index (Phi) is 8.87. The number of piperidine rings is 1. The van der Waals surface area contributed by atoms with Crippen LogP contribution in [0.15, 0.2) is 60.9 Å². The van der Waals surface area contributed by atoms with Crippen LogP contribution in [0.4, 0.5) is 11.4 Å². The third-order valence-electron chi connectivity index (χ3n) is 6.31. The summed E-state index contributed by atoms with van der Waals surface area (Å²) in [5.41, 5.74) is 3.84. The minimum absolute atomic E-state index is 0.0227. The smallest absolute Gasteiger partial charge is 0.271 e. The number of aromatic amines is 1. The van der Waals surface area contributed by atoms with Crippen molar-refractivity contribution < 1.29 is 9.59 Å². The lowest BCUT2D eigenvalue weighted by Crippen LogP contribution is -2.44. The zero-order chi connectivity index (χ0) is 26.4. The van der Waals surface area contributed by atoms with Crippen molar-refractivity contribution in [2.24, 2.45) is 0 Å². The standard InChI is InChI=1S/C27H30Cl2N6O2/c1-3-17(2)31-20-7-4-6-18(14-20)16-35-12-10-19(11-13-35)32-27(37)25-23(15-30-34-25)33-26(36)24-21(28)8-5-9-22(24)29/h4-9,14-15,19,31H,2-3,10-13,16H2,1H3,(H,30,34)(H,32,37)(H,33,36). The number of nitrogens with one attached hydrogen (secondary N) is 4. The van der Waals surface area contributed by atoms with Crippen LogP contribution in [0.3, 0.4) is 0 Å². The van der Waals surface area contributed by atoms with Crippen LogP contribution in [0.5, 0.6) is 0 Å². The van der Waals surface area contributed by atoms with E-state index in [2.05, 4.69) is 56.7 Å². The summed E-state index contributed by atoms with van der Waals surface area (Å²) in [6.07, 6.45) is 3.91. The minimum Gasteiger partial charge on any atom is -0.359 e. The molecule has 1 aliphatic rings. The molecule has 2 aromatic carbocycles. The normalized spacial score (nSPS) is 14.2. The van der Waals surface area contributed by atoms with Gasteiger partial charge >= 0.3 is 0 Å². The van der Waals surface area contributed by atoms with E-state index in [-0.39, 0.29) is 38.9 Å². The lowest BCUT2D eigenvalue weighted by molar-refractivity contribution is 0.0904. The Hall–Kier alpha value is -3.33. The molecule has 0 aliphatic carbocycles. The molecule has 2 heterocycles. The average molecular weight is 541 g/mol. The molecule has 194 valence electrons. The highest BCUT2D eigenvalue weighted by molar-refractivity contribution is 6.40. The van der Waals surface area contributed by atoms with E-state index < -0.39 is 5.91 Å². The summed E-state index contributed by atoms with van der Waals surface area (Å²) in [5, 5.41) is 16.1. The number of allylic oxidation sites excluding steroid dienone is 1. The molecule has 37 heavy (non-hydrogen) atoms. The van der Waals surface area contributed by atoms with Crippen molar-refractivity contribution in [2.75, 3.05) is 23.7 Å². The molecular weight excluding hydrogens is 511 g/mol. The molecule has 1 fully saturated rings. The maximum Gasteiger partial charge on any atom is 0.271 e. The number of hydrogen-bond donors (Lipinski definition) is 4. The molecular formula is C27H30Cl2N6O2. The van der Waals surface area contributed by atoms with E-state index in [1.807, 2.05) is 12.1 Å². The number of rotatable bonds is 9. The second-order valence-electron chi connectivity index (χ2n) is 9.02. The zero-order valence-corrected chi connectivity index (χ0v) is 22.1. The van der Waals surface area contributed by atoms with Crippen LogP contribution in [0.1, 0.15) is 52.6 Å². The Morgan fingerprint density at radius 1 is 1.08 bits per heavy atom. The molecule has 8 nitrogen and oxygen atoms in total. The molecule has 2 amide bonds. The molecule has 0 bridgehead atoms. The van der Waals surface area contributed by atoms with Gasteiger partial charge in [0.25, 0.3) is 11.8 Å². The first kappa shape index (κ1) is 26.7. The Bertz CT molecular complexity index is 1260. The Morgan fingerprint density at radius 3 is 2.49 bits per heavy atom. The van der Waals surface area contributed by atoms with Gasteiger partial charge in [-0.3, -0.25) is 19.6 Å². The number of benzene rings is 2. The van der Waals surface area contributed by atoms with Gasteiger partial charge in [0.15, 0.2) is 0 Å². The first-order valence-corrected chi connectivity index (χ1v) is 12.9. The first-order valence-electron chi connectivity index (χ1n) is 12.2. The fourth-order valence-electron chi connectivity index (χ4n) is 4.24. The molecule has 4 rings (SSSR count). The van der Waals surface area contributed by atoms with Crippen molar-refractivity contribution in [3.63, 3.8) is 0 Å². The van der Waals surface area contributed by atoms with Crippen LogP contribution in [0, 0.1) is 0 Å². The molecule has 10 heteroatoms. The van der Waals surface area contributed by atoms with Crippen molar-refractivity contribution >= 4 is 46.4 Å². The zero-order valence-electron chi connectivity index (χ0n) is 20.6. The molecule has 1 saturated heterocycles. The molecule has 0 saturated carbocycles. The van der Waals surface area contributed by atoms with Crippen molar-refractivity contribution in [3.05, 3.63) is 87.8 Å². The molecule has 1 aliphatic heterocycles. The van der Waals surface area contributed by atoms with E-state index in [1.165, 1.54) is 11.8 Å². The van der Waals surface area contributed by atoms with Gasteiger partial charge in [-0.25, -0.2) is 0 Å². The number of likely N-dealkylation sites (tertiary alicyclic amines) is 1. The fraction of sp³-hybridized carbons (Fsp3) is 0.296. The van der Waals surface area contributed by atoms with Crippen LogP contribution < -0.4 is 16.0 Å². The van der Waals surface area contributed by atoms with Gasteiger partial charge in [-0.05, 0) is 49.1 Å². The van der Waals surface area contributed by atoms with Gasteiger partial charge in [0.05, 0.1) is 27.5 Å². The molecule has 0 atom stereocenters. The van der Waals surface area contributed by atoms with E-state index in [4.69, 9.17) is 23.2 Å². The number of anilines is 2. The molecule has 3 aromatic rings. The van der Waals surface area contributed by atoms with E-state index in [9.17, 15) is 9.59 Å². The van der Waals surface area contributed by atoms with E-state index in [0.29, 0.717) is 0 Å². The molecule has 0 radical (unpaired) electrons. The van der Waals surface area contributed by atoms with Gasteiger partial charge in [-0.15, -0.1) is 0 Å². The highest BCUT2D eigenvalue weighted by Crippen LogP contribution is 2.26. The lowest BCUT2D eigenvalue weighted by Gasteiger charge is -2.32. The van der Waals surface area contributed by atoms with Crippen LogP contribution in [0.2, 0.25) is 10.0 Å². The SMILES string of the molecule is C=C(CC)Nc1cccc(CN2CCC(NC(=O)c3[nH]ncc3NC(=O)c3c(Cl)cccc3Cl)CC2)c1. The van der Waals surface area contributed by atoms with Gasteiger partial charge in [0.2, 0.25) is 0 Å². The monoisotopic (exact) mass is 540 g/mol. The van der Waals surface area contributed by atoms with Crippen LogP contribution in [-0.4, -0.2) is 46.0 Å². The molecule has 0 spiro atoms. The Labute approximate surface area is 226 Å². The maximum absolute atomic E-state index is 13.0. The van der Waals surface area contributed by atoms with Crippen molar-refractivity contribution in [3.8, 4) is 0 Å². The summed E-state index contributed by atoms with van der Waals surface area (Å²) in [5.74, 6) is -0.843. The van der Waals surface area contributed by atoms with E-state index in [1.54, 1.807) is 18.2 Å². The minimum atomic E-state index is -0.516. The number of nitrogens with zero attached hydrogens (tertiary/aromatic N) is 2. The van der Waals surface area contributed by atoms with E-state index >= 15 is 0 Å². The van der Waals surface area contributed by atoms with Gasteiger partial charge in [0, 0.05) is 37.1 Å². The topological polar surface area (TPSA) is 102 Å². The third-order valence-corrected chi connectivity index (χ3v) is 6.94. The summed E-state index contributed by atoms with van der Waals surface area (Å²) in [7, 11) is 0. The highest BCUT2D eigenvalue weighted by Gasteiger charge is 2.24. The van der Waals surface area contributed by atoms with Gasteiger partial charge in [0.1, 0.15) is 5.69 Å². The van der Waals surface area contributed by atoms with Crippen LogP contribution >= 0.6 is 23.2 Å². The van der Waals surface area contributed by atoms with Crippen LogP contribution in [0.25, 0.3) is 0 Å². The van der Waals surface area contributed by atoms with Gasteiger partial charge < -0.3 is 16.0 Å². The molecule has 4 N–H and O–H groups in total. The number of amides is 2. The van der Waals surface area contributed by atoms with Crippen molar-refractivity contribution in [1.82, 2.24) is 20.4 Å². The summed E-state index contributed by atoms with van der Waals surface area (Å²) < 4.78 is 0. The van der Waals surface area contributed by atoms with Gasteiger partial charge in [-0.2, -0.15) is 5.10 Å². The highest BCUT2D eigenvalue weighted by atomic mass is 35.5. The summed E-state index contributed by atoms with van der Waals surface area (Å²) in [6.45, 7) is 8.65. The van der Waals surface area contributed by atoms with Gasteiger partial charge in [-0.1, -0.05) is 54.9 Å². The van der Waals surface area contributed by atoms with E-state index in [0.717, 1.165) is 50.3 Å². The predicted octanol–water partition coefficient (Wildman–Crippen LogP) is 5.70. The summed E-state index contributed by atoms with van der Waals surface area (Å²) in [4.78, 5) is 28.1. The molecule has 0 unspecified atom stereocenters. The number of carbonyl (C=O) groups is 2. The average Bonchev–Trinajstić information content (AvgIpc) is 3.33. The summed E-state index contributed by atoms with van der Waals surface area (Å²) >= 11 is 12.3. The maximum atomic E-state index is 13.0.